The number of aliphatic hydroxyl groups is 3. The molecule has 1 rings (SSSR count). The summed E-state index contributed by atoms with van der Waals surface area (Å²) in [5.41, 5.74) is 0. The molecule has 62 heavy (non-hydrogen) atoms. The predicted molar refractivity (Wildman–Crippen MR) is 247 cm³/mol. The van der Waals surface area contributed by atoms with Gasteiger partial charge in [-0.25, -0.2) is 0 Å². The van der Waals surface area contributed by atoms with Crippen LogP contribution in [0.1, 0.15) is 194 Å². The van der Waals surface area contributed by atoms with Crippen LogP contribution in [-0.4, -0.2) is 96.0 Å². The SMILES string of the molecule is CCCCCCCCC/C=C/C/C=C/C/C=C/C/C=C/CCCC(=O)OC[C@H](CO[C@H]1O[C@H](CS(=O)(=O)O)[C@@H](O)C(O)C1O)OC(=O)CCCCCCCCCCCCCCC. The van der Waals surface area contributed by atoms with Gasteiger partial charge < -0.3 is 34.3 Å². The monoisotopic (exact) mass is 899 g/mol. The lowest BCUT2D eigenvalue weighted by molar-refractivity contribution is -0.297. The number of hydrogen-bond donors (Lipinski definition) is 4. The molecule has 0 aromatic carbocycles. The molecular formula is C49H86O12S. The van der Waals surface area contributed by atoms with E-state index >= 15 is 0 Å². The van der Waals surface area contributed by atoms with E-state index < -0.39 is 71.2 Å². The minimum absolute atomic E-state index is 0.144. The van der Waals surface area contributed by atoms with Crippen LogP contribution in [0.3, 0.4) is 0 Å². The molecule has 6 atom stereocenters. The smallest absolute Gasteiger partial charge is 0.306 e. The average molecular weight is 899 g/mol. The summed E-state index contributed by atoms with van der Waals surface area (Å²) < 4.78 is 54.0. The fraction of sp³-hybridized carbons (Fsp3) is 0.796. The standard InChI is InChI=1S/C49H86O12S/c1-3-5-7-9-11-13-15-17-18-19-20-21-22-23-24-26-27-29-31-33-35-37-44(50)58-39-42(40-59-49-48(54)47(53)46(52)43(61-49)41-62(55,56)57)60-45(51)38-36-34-32-30-28-25-16-14-12-10-8-6-4-2/h18-19,21-22,24,26,29,31,42-43,46-49,52-54H,3-17,20,23,25,27-28,30,32-41H2,1-2H3,(H,55,56,57)/b19-18+,22-21+,26-24+,31-29+/t42-,43-,46-,47?,48?,49+/m1/s1. The number of allylic oxidation sites excluding steroid dienone is 8. The Kier molecular flexibility index (Phi) is 36.3. The van der Waals surface area contributed by atoms with E-state index in [1.165, 1.54) is 109 Å². The van der Waals surface area contributed by atoms with E-state index in [9.17, 15) is 37.9 Å². The summed E-state index contributed by atoms with van der Waals surface area (Å²) in [6, 6.07) is 0. The van der Waals surface area contributed by atoms with E-state index in [1.54, 1.807) is 0 Å². The van der Waals surface area contributed by atoms with Crippen LogP contribution in [0.15, 0.2) is 48.6 Å². The fourth-order valence-corrected chi connectivity index (χ4v) is 7.83. The second kappa shape index (κ2) is 39.0. The Morgan fingerprint density at radius 1 is 0.548 bits per heavy atom. The Balaban J connectivity index is 2.44. The zero-order valence-corrected chi connectivity index (χ0v) is 39.3. The van der Waals surface area contributed by atoms with Gasteiger partial charge in [-0.3, -0.25) is 14.1 Å². The van der Waals surface area contributed by atoms with Gasteiger partial charge in [0, 0.05) is 12.8 Å². The van der Waals surface area contributed by atoms with Gasteiger partial charge in [-0.2, -0.15) is 8.42 Å². The Bertz CT molecular complexity index is 1330. The van der Waals surface area contributed by atoms with Gasteiger partial charge in [-0.05, 0) is 51.4 Å². The van der Waals surface area contributed by atoms with Crippen molar-refractivity contribution in [2.45, 2.75) is 230 Å². The first-order valence-corrected chi connectivity index (χ1v) is 25.8. The minimum atomic E-state index is -4.61. The van der Waals surface area contributed by atoms with E-state index in [0.717, 1.165) is 38.5 Å². The molecule has 0 aliphatic carbocycles. The van der Waals surface area contributed by atoms with Crippen molar-refractivity contribution in [3.63, 3.8) is 0 Å². The Hall–Kier alpha value is -2.39. The van der Waals surface area contributed by atoms with E-state index in [4.69, 9.17) is 18.9 Å². The second-order valence-electron chi connectivity index (χ2n) is 16.8. The summed E-state index contributed by atoms with van der Waals surface area (Å²) >= 11 is 0. The molecule has 1 heterocycles. The van der Waals surface area contributed by atoms with Crippen molar-refractivity contribution in [1.82, 2.24) is 0 Å². The van der Waals surface area contributed by atoms with Crippen molar-refractivity contribution in [3.8, 4) is 0 Å². The van der Waals surface area contributed by atoms with Crippen LogP contribution in [-0.2, 0) is 38.7 Å². The number of carbonyl (C=O) groups excluding carboxylic acids is 2. The van der Waals surface area contributed by atoms with Gasteiger partial charge >= 0.3 is 11.9 Å². The molecule has 0 saturated carbocycles. The molecule has 12 nitrogen and oxygen atoms in total. The van der Waals surface area contributed by atoms with Crippen molar-refractivity contribution >= 4 is 22.1 Å². The largest absolute Gasteiger partial charge is 0.462 e. The first-order chi connectivity index (χ1) is 30.0. The van der Waals surface area contributed by atoms with Crippen molar-refractivity contribution in [1.29, 1.82) is 0 Å². The molecule has 1 saturated heterocycles. The quantitative estimate of drug-likeness (QED) is 0.0198. The van der Waals surface area contributed by atoms with Gasteiger partial charge in [-0.15, -0.1) is 0 Å². The molecule has 1 fully saturated rings. The summed E-state index contributed by atoms with van der Waals surface area (Å²) in [4.78, 5) is 25.4. The highest BCUT2D eigenvalue weighted by Crippen LogP contribution is 2.24. The number of unbranched alkanes of at least 4 members (excludes halogenated alkanes) is 20. The summed E-state index contributed by atoms with van der Waals surface area (Å²) in [5.74, 6) is -2.05. The van der Waals surface area contributed by atoms with Gasteiger partial charge in [-0.1, -0.05) is 178 Å². The summed E-state index contributed by atoms with van der Waals surface area (Å²) in [5, 5.41) is 30.9. The number of aliphatic hydroxyl groups excluding tert-OH is 3. The van der Waals surface area contributed by atoms with Gasteiger partial charge in [0.05, 0.1) is 6.61 Å². The van der Waals surface area contributed by atoms with Crippen molar-refractivity contribution in [3.05, 3.63) is 48.6 Å². The molecule has 0 bridgehead atoms. The van der Waals surface area contributed by atoms with Gasteiger partial charge in [0.1, 0.15) is 36.8 Å². The molecule has 360 valence electrons. The first-order valence-electron chi connectivity index (χ1n) is 24.2. The zero-order valence-electron chi connectivity index (χ0n) is 38.5. The van der Waals surface area contributed by atoms with Crippen molar-refractivity contribution in [2.75, 3.05) is 19.0 Å². The summed E-state index contributed by atoms with van der Waals surface area (Å²) in [6.07, 6.45) is 37.4. The summed E-state index contributed by atoms with van der Waals surface area (Å²) in [6.45, 7) is 3.71. The van der Waals surface area contributed by atoms with Crippen molar-refractivity contribution < 1.29 is 56.8 Å². The minimum Gasteiger partial charge on any atom is -0.462 e. The third-order valence-electron chi connectivity index (χ3n) is 10.9. The third-order valence-corrected chi connectivity index (χ3v) is 11.7. The van der Waals surface area contributed by atoms with Crippen LogP contribution in [0.2, 0.25) is 0 Å². The van der Waals surface area contributed by atoms with Crippen LogP contribution in [0.5, 0.6) is 0 Å². The zero-order chi connectivity index (χ0) is 45.5. The maximum absolute atomic E-state index is 12.8. The Morgan fingerprint density at radius 3 is 1.48 bits per heavy atom. The lowest BCUT2D eigenvalue weighted by atomic mass is 10.00. The van der Waals surface area contributed by atoms with Gasteiger partial charge in [0.15, 0.2) is 12.4 Å². The van der Waals surface area contributed by atoms with Crippen LogP contribution < -0.4 is 0 Å². The number of hydrogen-bond acceptors (Lipinski definition) is 11. The van der Waals surface area contributed by atoms with Gasteiger partial charge in [0.25, 0.3) is 10.1 Å². The van der Waals surface area contributed by atoms with E-state index in [-0.39, 0.29) is 19.4 Å². The van der Waals surface area contributed by atoms with Gasteiger partial charge in [0.2, 0.25) is 0 Å². The molecule has 0 radical (unpaired) electrons. The number of esters is 2. The Morgan fingerprint density at radius 2 is 0.984 bits per heavy atom. The fourth-order valence-electron chi connectivity index (χ4n) is 7.14. The lowest BCUT2D eigenvalue weighted by Gasteiger charge is -2.40. The second-order valence-corrected chi connectivity index (χ2v) is 18.3. The van der Waals surface area contributed by atoms with Crippen LogP contribution in [0, 0.1) is 0 Å². The molecule has 4 N–H and O–H groups in total. The lowest BCUT2D eigenvalue weighted by Crippen LogP contribution is -2.60. The maximum atomic E-state index is 12.8. The van der Waals surface area contributed by atoms with Crippen LogP contribution >= 0.6 is 0 Å². The maximum Gasteiger partial charge on any atom is 0.306 e. The molecular weight excluding hydrogens is 813 g/mol. The highest BCUT2D eigenvalue weighted by molar-refractivity contribution is 7.85. The highest BCUT2D eigenvalue weighted by atomic mass is 32.2. The normalized spacial score (nSPS) is 20.3. The molecule has 2 unspecified atom stereocenters. The van der Waals surface area contributed by atoms with Crippen LogP contribution in [0.25, 0.3) is 0 Å². The molecule has 0 aromatic heterocycles. The summed E-state index contributed by atoms with van der Waals surface area (Å²) in [7, 11) is -4.61. The number of rotatable bonds is 40. The van der Waals surface area contributed by atoms with Crippen molar-refractivity contribution in [2.24, 2.45) is 0 Å². The van der Waals surface area contributed by atoms with E-state index in [2.05, 4.69) is 56.4 Å². The highest BCUT2D eigenvalue weighted by Gasteiger charge is 2.46. The molecule has 0 spiro atoms. The Labute approximate surface area is 375 Å². The molecule has 1 aliphatic rings. The average Bonchev–Trinajstić information content (AvgIpc) is 3.24. The number of ether oxygens (including phenoxy) is 4. The van der Waals surface area contributed by atoms with E-state index in [0.29, 0.717) is 19.3 Å². The van der Waals surface area contributed by atoms with Crippen LogP contribution in [0.4, 0.5) is 0 Å². The van der Waals surface area contributed by atoms with E-state index in [1.807, 2.05) is 6.08 Å². The molecule has 13 heteroatoms. The topological polar surface area (TPSA) is 186 Å². The molecule has 0 aromatic rings. The molecule has 0 amide bonds. The predicted octanol–water partition coefficient (Wildman–Crippen LogP) is 10.3. The first kappa shape index (κ1) is 57.6. The molecule has 1 aliphatic heterocycles. The third kappa shape index (κ3) is 33.2. The number of carbonyl (C=O) groups is 2.